The highest BCUT2D eigenvalue weighted by atomic mass is 32.2. The van der Waals surface area contributed by atoms with E-state index in [0.29, 0.717) is 18.0 Å². The first kappa shape index (κ1) is 14.6. The second kappa shape index (κ2) is 5.44. The summed E-state index contributed by atoms with van der Waals surface area (Å²) in [6.45, 7) is 0. The van der Waals surface area contributed by atoms with Gasteiger partial charge in [0.2, 0.25) is 5.91 Å². The Balaban J connectivity index is 1.62. The molecule has 2 aliphatic rings. The molecule has 1 aromatic rings. The molecule has 0 aliphatic heterocycles. The predicted molar refractivity (Wildman–Crippen MR) is 81.7 cm³/mol. The number of fused-ring (bicyclic) bond motifs is 2. The zero-order valence-electron chi connectivity index (χ0n) is 12.2. The van der Waals surface area contributed by atoms with Gasteiger partial charge in [0.25, 0.3) is 0 Å². The number of rotatable bonds is 4. The van der Waals surface area contributed by atoms with Crippen LogP contribution in [0.2, 0.25) is 0 Å². The Labute approximate surface area is 125 Å². The fraction of sp³-hybridized carbons (Fsp3) is 0.562. The molecule has 1 N–H and O–H groups in total. The van der Waals surface area contributed by atoms with E-state index >= 15 is 0 Å². The van der Waals surface area contributed by atoms with E-state index in [2.05, 4.69) is 5.32 Å². The Bertz CT molecular complexity index is 653. The van der Waals surface area contributed by atoms with Crippen molar-refractivity contribution >= 4 is 21.4 Å². The minimum Gasteiger partial charge on any atom is -0.326 e. The van der Waals surface area contributed by atoms with Gasteiger partial charge < -0.3 is 5.32 Å². The molecular formula is C16H21NO3S. The molecular weight excluding hydrogens is 286 g/mol. The number of carbonyl (C=O) groups is 1. The highest BCUT2D eigenvalue weighted by Gasteiger charge is 2.40. The van der Waals surface area contributed by atoms with Crippen molar-refractivity contribution in [3.8, 4) is 0 Å². The Morgan fingerprint density at radius 2 is 2.10 bits per heavy atom. The minimum absolute atomic E-state index is 0.00167. The molecule has 3 atom stereocenters. The molecule has 2 fully saturated rings. The van der Waals surface area contributed by atoms with Crippen LogP contribution in [-0.4, -0.2) is 20.6 Å². The Hall–Kier alpha value is -1.36. The molecule has 114 valence electrons. The number of hydrogen-bond acceptors (Lipinski definition) is 3. The first-order valence-corrected chi connectivity index (χ1v) is 9.41. The number of anilines is 1. The van der Waals surface area contributed by atoms with Gasteiger partial charge in [0.15, 0.2) is 9.84 Å². The van der Waals surface area contributed by atoms with Crippen LogP contribution in [0, 0.1) is 17.8 Å². The monoisotopic (exact) mass is 307 g/mol. The van der Waals surface area contributed by atoms with Crippen LogP contribution in [0.4, 0.5) is 5.69 Å². The van der Waals surface area contributed by atoms with E-state index in [9.17, 15) is 13.2 Å². The second-order valence-electron chi connectivity index (χ2n) is 6.49. The maximum atomic E-state index is 12.1. The van der Waals surface area contributed by atoms with E-state index in [0.717, 1.165) is 11.8 Å². The second-order valence-corrected chi connectivity index (χ2v) is 8.50. The van der Waals surface area contributed by atoms with Crippen molar-refractivity contribution in [3.63, 3.8) is 0 Å². The zero-order chi connectivity index (χ0) is 15.0. The molecule has 0 spiro atoms. The highest BCUT2D eigenvalue weighted by molar-refractivity contribution is 7.90. The van der Waals surface area contributed by atoms with Crippen LogP contribution in [0.25, 0.3) is 0 Å². The molecule has 1 amide bonds. The third kappa shape index (κ3) is 3.28. The van der Waals surface area contributed by atoms with Crippen LogP contribution in [0.5, 0.6) is 0 Å². The van der Waals surface area contributed by atoms with Crippen LogP contribution in [0.15, 0.2) is 29.2 Å². The molecule has 5 heteroatoms. The summed E-state index contributed by atoms with van der Waals surface area (Å²) in [4.78, 5) is 12.4. The summed E-state index contributed by atoms with van der Waals surface area (Å²) in [7, 11) is -3.24. The predicted octanol–water partition coefficient (Wildman–Crippen LogP) is 2.85. The normalized spacial score (nSPS) is 27.8. The fourth-order valence-electron chi connectivity index (χ4n) is 3.88. The van der Waals surface area contributed by atoms with Gasteiger partial charge in [-0.2, -0.15) is 0 Å². The largest absolute Gasteiger partial charge is 0.326 e. The smallest absolute Gasteiger partial charge is 0.224 e. The lowest BCUT2D eigenvalue weighted by Gasteiger charge is -2.20. The minimum atomic E-state index is -3.24. The maximum absolute atomic E-state index is 12.1. The summed E-state index contributed by atoms with van der Waals surface area (Å²) in [5.41, 5.74) is 0.561. The molecule has 0 aromatic heterocycles. The van der Waals surface area contributed by atoms with Gasteiger partial charge in [-0.3, -0.25) is 4.79 Å². The summed E-state index contributed by atoms with van der Waals surface area (Å²) < 4.78 is 23.0. The van der Waals surface area contributed by atoms with Crippen LogP contribution in [-0.2, 0) is 14.6 Å². The van der Waals surface area contributed by atoms with Gasteiger partial charge in [-0.05, 0) is 55.2 Å². The van der Waals surface area contributed by atoms with Crippen molar-refractivity contribution in [1.82, 2.24) is 0 Å². The summed E-state index contributed by atoms with van der Waals surface area (Å²) in [5.74, 6) is 2.07. The molecule has 2 aliphatic carbocycles. The van der Waals surface area contributed by atoms with Crippen molar-refractivity contribution in [2.45, 2.75) is 37.0 Å². The molecule has 2 bridgehead atoms. The maximum Gasteiger partial charge on any atom is 0.224 e. The first-order chi connectivity index (χ1) is 9.91. The molecule has 0 unspecified atom stereocenters. The third-order valence-electron chi connectivity index (χ3n) is 4.88. The van der Waals surface area contributed by atoms with Gasteiger partial charge in [0.05, 0.1) is 4.90 Å². The summed E-state index contributed by atoms with van der Waals surface area (Å²) in [6.07, 6.45) is 6.81. The molecule has 0 radical (unpaired) electrons. The average molecular weight is 307 g/mol. The first-order valence-electron chi connectivity index (χ1n) is 7.52. The quantitative estimate of drug-likeness (QED) is 0.930. The van der Waals surface area contributed by atoms with Crippen molar-refractivity contribution in [1.29, 1.82) is 0 Å². The number of carbonyl (C=O) groups excluding carboxylic acids is 1. The van der Waals surface area contributed by atoms with Crippen molar-refractivity contribution in [2.75, 3.05) is 11.6 Å². The van der Waals surface area contributed by atoms with E-state index in [1.165, 1.54) is 38.0 Å². The summed E-state index contributed by atoms with van der Waals surface area (Å²) >= 11 is 0. The van der Waals surface area contributed by atoms with Gasteiger partial charge >= 0.3 is 0 Å². The van der Waals surface area contributed by atoms with Crippen molar-refractivity contribution < 1.29 is 13.2 Å². The number of sulfone groups is 1. The molecule has 0 heterocycles. The highest BCUT2D eigenvalue weighted by Crippen LogP contribution is 2.49. The van der Waals surface area contributed by atoms with Gasteiger partial charge in [-0.25, -0.2) is 8.42 Å². The fourth-order valence-corrected chi connectivity index (χ4v) is 4.55. The van der Waals surface area contributed by atoms with E-state index in [1.807, 2.05) is 0 Å². The van der Waals surface area contributed by atoms with Gasteiger partial charge in [0, 0.05) is 18.4 Å². The molecule has 2 saturated carbocycles. The van der Waals surface area contributed by atoms with Crippen LogP contribution in [0.1, 0.15) is 32.1 Å². The number of nitrogens with one attached hydrogen (secondary N) is 1. The summed E-state index contributed by atoms with van der Waals surface area (Å²) in [6, 6.07) is 6.45. The third-order valence-corrected chi connectivity index (χ3v) is 5.99. The Morgan fingerprint density at radius 3 is 2.71 bits per heavy atom. The van der Waals surface area contributed by atoms with Gasteiger partial charge in [-0.1, -0.05) is 12.5 Å². The van der Waals surface area contributed by atoms with Gasteiger partial charge in [-0.15, -0.1) is 0 Å². The number of benzene rings is 1. The lowest BCUT2D eigenvalue weighted by molar-refractivity contribution is -0.117. The number of amides is 1. The lowest BCUT2D eigenvalue weighted by Crippen LogP contribution is -2.20. The molecule has 3 rings (SSSR count). The standard InChI is InChI=1S/C16H21NO3S/c1-21(19,20)15-4-2-3-14(10-15)17-16(18)9-13-8-11-5-6-12(13)7-11/h2-4,10-13H,5-9H2,1H3,(H,17,18)/t11-,12+,13+/m0/s1. The van der Waals surface area contributed by atoms with Crippen LogP contribution < -0.4 is 5.32 Å². The molecule has 4 nitrogen and oxygen atoms in total. The summed E-state index contributed by atoms with van der Waals surface area (Å²) in [5, 5.41) is 2.84. The molecule has 21 heavy (non-hydrogen) atoms. The van der Waals surface area contributed by atoms with E-state index in [-0.39, 0.29) is 10.8 Å². The van der Waals surface area contributed by atoms with E-state index in [1.54, 1.807) is 18.2 Å². The Kier molecular flexibility index (Phi) is 3.78. The number of hydrogen-bond donors (Lipinski definition) is 1. The molecule has 0 saturated heterocycles. The van der Waals surface area contributed by atoms with Crippen LogP contribution >= 0.6 is 0 Å². The van der Waals surface area contributed by atoms with Crippen molar-refractivity contribution in [2.24, 2.45) is 17.8 Å². The van der Waals surface area contributed by atoms with Gasteiger partial charge in [0.1, 0.15) is 0 Å². The van der Waals surface area contributed by atoms with E-state index < -0.39 is 9.84 Å². The van der Waals surface area contributed by atoms with Crippen LogP contribution in [0.3, 0.4) is 0 Å². The average Bonchev–Trinajstić information content (AvgIpc) is 3.00. The molecule has 1 aromatic carbocycles. The van der Waals surface area contributed by atoms with E-state index in [4.69, 9.17) is 0 Å². The lowest BCUT2D eigenvalue weighted by atomic mass is 9.86. The SMILES string of the molecule is CS(=O)(=O)c1cccc(NC(=O)C[C@H]2C[C@H]3CC[C@@H]2C3)c1. The Morgan fingerprint density at radius 1 is 1.29 bits per heavy atom. The van der Waals surface area contributed by atoms with Crippen molar-refractivity contribution in [3.05, 3.63) is 24.3 Å². The topological polar surface area (TPSA) is 63.2 Å². The zero-order valence-corrected chi connectivity index (χ0v) is 13.0.